The number of hydrogen-bond acceptors (Lipinski definition) is 3. The van der Waals surface area contributed by atoms with Crippen LogP contribution in [0.5, 0.6) is 0 Å². The lowest BCUT2D eigenvalue weighted by Gasteiger charge is -2.12. The minimum atomic E-state index is -1.01. The van der Waals surface area contributed by atoms with E-state index >= 15 is 0 Å². The van der Waals surface area contributed by atoms with E-state index in [2.05, 4.69) is 5.32 Å². The summed E-state index contributed by atoms with van der Waals surface area (Å²) in [6.45, 7) is 2.44. The number of aliphatic carboxylic acids is 1. The Hall–Kier alpha value is -1.88. The van der Waals surface area contributed by atoms with E-state index in [1.165, 1.54) is 0 Å². The predicted molar refractivity (Wildman–Crippen MR) is 70.6 cm³/mol. The first-order valence-corrected chi connectivity index (χ1v) is 6.27. The van der Waals surface area contributed by atoms with Crippen LogP contribution in [-0.2, 0) is 20.9 Å². The average molecular weight is 265 g/mol. The topological polar surface area (TPSA) is 75.6 Å². The van der Waals surface area contributed by atoms with Gasteiger partial charge >= 0.3 is 5.97 Å². The number of ether oxygens (including phenoxy) is 1. The van der Waals surface area contributed by atoms with Gasteiger partial charge in [-0.25, -0.2) is 4.79 Å². The van der Waals surface area contributed by atoms with Gasteiger partial charge in [-0.15, -0.1) is 0 Å². The fourth-order valence-corrected chi connectivity index (χ4v) is 1.53. The Bertz CT molecular complexity index is 405. The first kappa shape index (κ1) is 15.2. The Balaban J connectivity index is 2.19. The second-order valence-electron chi connectivity index (χ2n) is 4.15. The SMILES string of the molecule is CCC(NC(=O)CCOCc1ccccc1)C(=O)O. The predicted octanol–water partition coefficient (Wildman–Crippen LogP) is 1.57. The molecule has 104 valence electrons. The zero-order valence-corrected chi connectivity index (χ0v) is 11.0. The lowest BCUT2D eigenvalue weighted by atomic mass is 10.2. The maximum absolute atomic E-state index is 11.5. The largest absolute Gasteiger partial charge is 0.480 e. The number of carboxylic acids is 1. The summed E-state index contributed by atoms with van der Waals surface area (Å²) < 4.78 is 5.36. The molecule has 1 aromatic carbocycles. The number of rotatable bonds is 8. The van der Waals surface area contributed by atoms with Crippen molar-refractivity contribution in [2.75, 3.05) is 6.61 Å². The summed E-state index contributed by atoms with van der Waals surface area (Å²) in [5.74, 6) is -1.32. The lowest BCUT2D eigenvalue weighted by molar-refractivity contribution is -0.142. The van der Waals surface area contributed by atoms with E-state index in [9.17, 15) is 9.59 Å². The number of nitrogens with one attached hydrogen (secondary N) is 1. The third-order valence-corrected chi connectivity index (χ3v) is 2.63. The standard InChI is InChI=1S/C14H19NO4/c1-2-12(14(17)18)15-13(16)8-9-19-10-11-6-4-3-5-7-11/h3-7,12H,2,8-10H2,1H3,(H,15,16)(H,17,18). The Kier molecular flexibility index (Phi) is 6.60. The number of hydrogen-bond donors (Lipinski definition) is 2. The summed E-state index contributed by atoms with van der Waals surface area (Å²) in [5.41, 5.74) is 1.04. The highest BCUT2D eigenvalue weighted by Crippen LogP contribution is 2.01. The van der Waals surface area contributed by atoms with Gasteiger partial charge in [0.05, 0.1) is 13.2 Å². The number of amides is 1. The van der Waals surface area contributed by atoms with Gasteiger partial charge in [0, 0.05) is 6.42 Å². The molecular weight excluding hydrogens is 246 g/mol. The normalized spacial score (nSPS) is 11.8. The zero-order valence-electron chi connectivity index (χ0n) is 11.0. The molecule has 1 unspecified atom stereocenters. The molecule has 0 aliphatic rings. The molecule has 2 N–H and O–H groups in total. The summed E-state index contributed by atoms with van der Waals surface area (Å²) in [5, 5.41) is 11.2. The van der Waals surface area contributed by atoms with Gasteiger partial charge in [0.15, 0.2) is 0 Å². The van der Waals surface area contributed by atoms with Gasteiger partial charge in [-0.1, -0.05) is 37.3 Å². The van der Waals surface area contributed by atoms with E-state index in [0.717, 1.165) is 5.56 Å². The monoisotopic (exact) mass is 265 g/mol. The van der Waals surface area contributed by atoms with Crippen molar-refractivity contribution in [1.82, 2.24) is 5.32 Å². The maximum atomic E-state index is 11.5. The summed E-state index contributed by atoms with van der Waals surface area (Å²) in [4.78, 5) is 22.2. The highest BCUT2D eigenvalue weighted by molar-refractivity contribution is 5.83. The molecule has 0 aliphatic heterocycles. The minimum absolute atomic E-state index is 0.163. The average Bonchev–Trinajstić information content (AvgIpc) is 2.42. The molecule has 0 spiro atoms. The smallest absolute Gasteiger partial charge is 0.326 e. The zero-order chi connectivity index (χ0) is 14.1. The van der Waals surface area contributed by atoms with Gasteiger partial charge in [-0.2, -0.15) is 0 Å². The van der Waals surface area contributed by atoms with Crippen molar-refractivity contribution >= 4 is 11.9 Å². The number of carbonyl (C=O) groups is 2. The maximum Gasteiger partial charge on any atom is 0.326 e. The molecule has 1 amide bonds. The molecule has 19 heavy (non-hydrogen) atoms. The van der Waals surface area contributed by atoms with Gasteiger partial charge in [0.25, 0.3) is 0 Å². The third kappa shape index (κ3) is 6.01. The first-order valence-electron chi connectivity index (χ1n) is 6.27. The van der Waals surface area contributed by atoms with E-state index in [-0.39, 0.29) is 18.9 Å². The van der Waals surface area contributed by atoms with Crippen LogP contribution in [0, 0.1) is 0 Å². The first-order chi connectivity index (χ1) is 9.13. The Morgan fingerprint density at radius 3 is 2.58 bits per heavy atom. The van der Waals surface area contributed by atoms with Crippen molar-refractivity contribution in [3.8, 4) is 0 Å². The second kappa shape index (κ2) is 8.26. The molecular formula is C14H19NO4. The Morgan fingerprint density at radius 1 is 1.32 bits per heavy atom. The second-order valence-corrected chi connectivity index (χ2v) is 4.15. The molecule has 5 nitrogen and oxygen atoms in total. The van der Waals surface area contributed by atoms with Gasteiger partial charge in [-0.05, 0) is 12.0 Å². The molecule has 0 saturated heterocycles. The number of benzene rings is 1. The quantitative estimate of drug-likeness (QED) is 0.700. The molecule has 0 heterocycles. The summed E-state index contributed by atoms with van der Waals surface area (Å²) in [6, 6.07) is 8.83. The summed E-state index contributed by atoms with van der Waals surface area (Å²) in [6.07, 6.45) is 0.530. The van der Waals surface area contributed by atoms with Gasteiger partial charge in [-0.3, -0.25) is 4.79 Å². The van der Waals surface area contributed by atoms with E-state index in [0.29, 0.717) is 13.0 Å². The molecule has 5 heteroatoms. The van der Waals surface area contributed by atoms with Crippen LogP contribution in [-0.4, -0.2) is 29.6 Å². The molecule has 0 radical (unpaired) electrons. The van der Waals surface area contributed by atoms with Crippen molar-refractivity contribution in [1.29, 1.82) is 0 Å². The van der Waals surface area contributed by atoms with Crippen molar-refractivity contribution in [3.05, 3.63) is 35.9 Å². The molecule has 1 rings (SSSR count). The molecule has 0 aromatic heterocycles. The summed E-state index contributed by atoms with van der Waals surface area (Å²) in [7, 11) is 0. The van der Waals surface area contributed by atoms with Crippen LogP contribution in [0.2, 0.25) is 0 Å². The third-order valence-electron chi connectivity index (χ3n) is 2.63. The van der Waals surface area contributed by atoms with Crippen LogP contribution in [0.4, 0.5) is 0 Å². The van der Waals surface area contributed by atoms with Gasteiger partial charge in [0.2, 0.25) is 5.91 Å². The van der Waals surface area contributed by atoms with Crippen LogP contribution in [0.15, 0.2) is 30.3 Å². The number of carbonyl (C=O) groups excluding carboxylic acids is 1. The van der Waals surface area contributed by atoms with Crippen molar-refractivity contribution in [3.63, 3.8) is 0 Å². The highest BCUT2D eigenvalue weighted by atomic mass is 16.5. The van der Waals surface area contributed by atoms with Crippen LogP contribution < -0.4 is 5.32 Å². The molecule has 0 fully saturated rings. The Labute approximate surface area is 112 Å². The van der Waals surface area contributed by atoms with Crippen LogP contribution in [0.1, 0.15) is 25.3 Å². The minimum Gasteiger partial charge on any atom is -0.480 e. The number of carboxylic acid groups (broad SMARTS) is 1. The van der Waals surface area contributed by atoms with Gasteiger partial charge in [0.1, 0.15) is 6.04 Å². The van der Waals surface area contributed by atoms with Crippen molar-refractivity contribution in [2.24, 2.45) is 0 Å². The van der Waals surface area contributed by atoms with Crippen LogP contribution >= 0.6 is 0 Å². The fraction of sp³-hybridized carbons (Fsp3) is 0.429. The van der Waals surface area contributed by atoms with E-state index in [1.54, 1.807) is 6.92 Å². The molecule has 0 aliphatic carbocycles. The van der Waals surface area contributed by atoms with Crippen LogP contribution in [0.3, 0.4) is 0 Å². The van der Waals surface area contributed by atoms with Crippen molar-refractivity contribution in [2.45, 2.75) is 32.4 Å². The van der Waals surface area contributed by atoms with E-state index in [1.807, 2.05) is 30.3 Å². The van der Waals surface area contributed by atoms with Crippen LogP contribution in [0.25, 0.3) is 0 Å². The van der Waals surface area contributed by atoms with Crippen molar-refractivity contribution < 1.29 is 19.4 Å². The van der Waals surface area contributed by atoms with E-state index < -0.39 is 12.0 Å². The fourth-order valence-electron chi connectivity index (χ4n) is 1.53. The highest BCUT2D eigenvalue weighted by Gasteiger charge is 2.16. The molecule has 1 atom stereocenters. The lowest BCUT2D eigenvalue weighted by Crippen LogP contribution is -2.40. The summed E-state index contributed by atoms with van der Waals surface area (Å²) >= 11 is 0. The molecule has 0 saturated carbocycles. The van der Waals surface area contributed by atoms with E-state index in [4.69, 9.17) is 9.84 Å². The van der Waals surface area contributed by atoms with Gasteiger partial charge < -0.3 is 15.2 Å². The molecule has 0 bridgehead atoms. The molecule has 1 aromatic rings. The Morgan fingerprint density at radius 2 is 2.00 bits per heavy atom.